The zero-order valence-electron chi connectivity index (χ0n) is 26.3. The van der Waals surface area contributed by atoms with Crippen molar-refractivity contribution in [2.45, 2.75) is 90.5 Å². The molecule has 4 heterocycles. The van der Waals surface area contributed by atoms with Crippen LogP contribution in [0.15, 0.2) is 36.4 Å². The summed E-state index contributed by atoms with van der Waals surface area (Å²) in [6, 6.07) is 11.5. The number of hydrogen-bond acceptors (Lipinski definition) is 6. The maximum atomic E-state index is 12.8. The van der Waals surface area contributed by atoms with Gasteiger partial charge in [-0.3, -0.25) is 9.80 Å². The molecular formula is C34H40N6O4. The van der Waals surface area contributed by atoms with Crippen molar-refractivity contribution in [3.05, 3.63) is 59.2 Å². The molecule has 4 aromatic rings. The number of rotatable bonds is 2. The Morgan fingerprint density at radius 1 is 0.727 bits per heavy atom. The van der Waals surface area contributed by atoms with Crippen LogP contribution in [0.5, 0.6) is 0 Å². The summed E-state index contributed by atoms with van der Waals surface area (Å²) in [6.07, 6.45) is 2.86. The van der Waals surface area contributed by atoms with Crippen LogP contribution in [0.4, 0.5) is 9.59 Å². The minimum atomic E-state index is -0.547. The molecule has 2 aliphatic heterocycles. The van der Waals surface area contributed by atoms with Crippen molar-refractivity contribution in [2.75, 3.05) is 13.1 Å². The fourth-order valence-corrected chi connectivity index (χ4v) is 5.85. The van der Waals surface area contributed by atoms with Gasteiger partial charge in [-0.05, 0) is 104 Å². The van der Waals surface area contributed by atoms with E-state index >= 15 is 0 Å². The number of nitrogens with zero attached hydrogens (tertiary/aromatic N) is 4. The first-order chi connectivity index (χ1) is 20.8. The molecule has 0 spiro atoms. The summed E-state index contributed by atoms with van der Waals surface area (Å²) >= 11 is 0. The van der Waals surface area contributed by atoms with Gasteiger partial charge in [-0.15, -0.1) is 0 Å². The summed E-state index contributed by atoms with van der Waals surface area (Å²) in [4.78, 5) is 45.6. The molecule has 2 amide bonds. The molecule has 10 heteroatoms. The minimum Gasteiger partial charge on any atom is -0.444 e. The summed E-state index contributed by atoms with van der Waals surface area (Å²) < 4.78 is 11.2. The molecule has 2 fully saturated rings. The highest BCUT2D eigenvalue weighted by Crippen LogP contribution is 2.34. The second kappa shape index (κ2) is 11.2. The van der Waals surface area contributed by atoms with Gasteiger partial charge in [-0.1, -0.05) is 11.8 Å². The summed E-state index contributed by atoms with van der Waals surface area (Å²) in [5.41, 5.74) is 4.00. The number of carbonyl (C=O) groups excluding carboxylic acids is 2. The van der Waals surface area contributed by atoms with Crippen molar-refractivity contribution in [1.82, 2.24) is 29.7 Å². The van der Waals surface area contributed by atoms with Crippen LogP contribution in [0, 0.1) is 11.8 Å². The molecule has 0 unspecified atom stereocenters. The van der Waals surface area contributed by atoms with Gasteiger partial charge in [0.15, 0.2) is 0 Å². The highest BCUT2D eigenvalue weighted by atomic mass is 16.6. The third-order valence-electron chi connectivity index (χ3n) is 7.75. The number of hydrogen-bond donors (Lipinski definition) is 2. The Bertz CT molecular complexity index is 1650. The predicted octanol–water partition coefficient (Wildman–Crippen LogP) is 6.98. The molecule has 0 radical (unpaired) electrons. The molecule has 44 heavy (non-hydrogen) atoms. The number of aromatic amines is 2. The number of fused-ring (bicyclic) bond motifs is 2. The molecule has 6 rings (SSSR count). The van der Waals surface area contributed by atoms with Crippen LogP contribution < -0.4 is 0 Å². The number of imidazole rings is 2. The number of benzene rings is 2. The van der Waals surface area contributed by atoms with Gasteiger partial charge in [0.2, 0.25) is 0 Å². The van der Waals surface area contributed by atoms with E-state index < -0.39 is 11.2 Å². The molecule has 2 N–H and O–H groups in total. The molecule has 0 aliphatic carbocycles. The normalized spacial score (nSPS) is 19.0. The van der Waals surface area contributed by atoms with Gasteiger partial charge < -0.3 is 19.4 Å². The SMILES string of the molecule is CC(C)(C)OC(=O)N1CCC[C@H]1c1nc2cc(C#Cc3ccc4[nH]c([C@@H]5CCCN5C(=O)OC(C)(C)C)nc4c3)ccc2[nH]1. The largest absolute Gasteiger partial charge is 0.444 e. The first-order valence-electron chi connectivity index (χ1n) is 15.3. The van der Waals surface area contributed by atoms with Crippen LogP contribution in [0.3, 0.4) is 0 Å². The van der Waals surface area contributed by atoms with Crippen molar-refractivity contribution < 1.29 is 19.1 Å². The Hall–Kier alpha value is -4.52. The average Bonchev–Trinajstić information content (AvgIpc) is 3.73. The van der Waals surface area contributed by atoms with Gasteiger partial charge >= 0.3 is 12.2 Å². The first-order valence-corrected chi connectivity index (χ1v) is 15.3. The van der Waals surface area contributed by atoms with E-state index in [4.69, 9.17) is 19.4 Å². The number of likely N-dealkylation sites (tertiary alicyclic amines) is 2. The third kappa shape index (κ3) is 6.37. The van der Waals surface area contributed by atoms with E-state index in [0.717, 1.165) is 70.5 Å². The van der Waals surface area contributed by atoms with E-state index in [1.807, 2.05) is 77.9 Å². The summed E-state index contributed by atoms with van der Waals surface area (Å²) in [6.45, 7) is 12.6. The van der Waals surface area contributed by atoms with Gasteiger partial charge in [-0.2, -0.15) is 0 Å². The van der Waals surface area contributed by atoms with E-state index in [0.29, 0.717) is 13.1 Å². The van der Waals surface area contributed by atoms with Crippen molar-refractivity contribution in [2.24, 2.45) is 0 Å². The van der Waals surface area contributed by atoms with Crippen LogP contribution in [-0.4, -0.2) is 66.2 Å². The Kier molecular flexibility index (Phi) is 7.52. The second-order valence-corrected chi connectivity index (χ2v) is 13.6. The van der Waals surface area contributed by atoms with Gasteiger partial charge in [0.1, 0.15) is 22.9 Å². The number of carbonyl (C=O) groups is 2. The van der Waals surface area contributed by atoms with Crippen molar-refractivity contribution >= 4 is 34.3 Å². The smallest absolute Gasteiger partial charge is 0.410 e. The molecule has 0 saturated carbocycles. The number of aromatic nitrogens is 4. The van der Waals surface area contributed by atoms with E-state index in [1.165, 1.54) is 0 Å². The maximum Gasteiger partial charge on any atom is 0.410 e. The lowest BCUT2D eigenvalue weighted by molar-refractivity contribution is 0.0208. The van der Waals surface area contributed by atoms with E-state index in [1.54, 1.807) is 9.80 Å². The fraction of sp³-hybridized carbons (Fsp3) is 0.471. The van der Waals surface area contributed by atoms with Crippen LogP contribution >= 0.6 is 0 Å². The van der Waals surface area contributed by atoms with E-state index in [-0.39, 0.29) is 24.3 Å². The average molecular weight is 597 g/mol. The van der Waals surface area contributed by atoms with Crippen LogP contribution in [0.25, 0.3) is 22.1 Å². The predicted molar refractivity (Wildman–Crippen MR) is 168 cm³/mol. The standard InChI is InChI=1S/C34H40N6O4/c1-33(2,3)43-31(41)39-17-7-9-27(39)29-35-23-15-13-21(19-25(23)37-29)11-12-22-14-16-24-26(20-22)38-30(36-24)28-10-8-18-40(28)32(42)44-34(4,5)6/h13-16,19-20,27-28H,7-10,17-18H2,1-6H3,(H,35,37)(H,36,38)/t27-,28-/m0/s1. The van der Waals surface area contributed by atoms with Crippen LogP contribution in [0.1, 0.15) is 102 Å². The third-order valence-corrected chi connectivity index (χ3v) is 7.75. The maximum absolute atomic E-state index is 12.8. The van der Waals surface area contributed by atoms with Gasteiger partial charge in [0, 0.05) is 24.2 Å². The minimum absolute atomic E-state index is 0.141. The zero-order chi connectivity index (χ0) is 31.2. The van der Waals surface area contributed by atoms with Gasteiger partial charge in [-0.25, -0.2) is 19.6 Å². The van der Waals surface area contributed by atoms with Crippen molar-refractivity contribution in [3.63, 3.8) is 0 Å². The highest BCUT2D eigenvalue weighted by molar-refractivity contribution is 5.79. The number of amides is 2. The lowest BCUT2D eigenvalue weighted by atomic mass is 10.1. The van der Waals surface area contributed by atoms with Gasteiger partial charge in [0.25, 0.3) is 0 Å². The molecule has 230 valence electrons. The summed E-state index contributed by atoms with van der Waals surface area (Å²) in [5, 5.41) is 0. The lowest BCUT2D eigenvalue weighted by Crippen LogP contribution is -2.36. The summed E-state index contributed by atoms with van der Waals surface area (Å²) in [5.74, 6) is 8.05. The Labute approximate surface area is 257 Å². The monoisotopic (exact) mass is 596 g/mol. The number of H-pyrrole nitrogens is 2. The summed E-state index contributed by atoms with van der Waals surface area (Å²) in [7, 11) is 0. The van der Waals surface area contributed by atoms with E-state index in [2.05, 4.69) is 21.8 Å². The van der Waals surface area contributed by atoms with Crippen LogP contribution in [0.2, 0.25) is 0 Å². The first kappa shape index (κ1) is 29.5. The second-order valence-electron chi connectivity index (χ2n) is 13.6. The van der Waals surface area contributed by atoms with Crippen molar-refractivity contribution in [1.29, 1.82) is 0 Å². The molecule has 2 saturated heterocycles. The molecular weight excluding hydrogens is 556 g/mol. The topological polar surface area (TPSA) is 116 Å². The fourth-order valence-electron chi connectivity index (χ4n) is 5.85. The quantitative estimate of drug-likeness (QED) is 0.241. The van der Waals surface area contributed by atoms with Crippen molar-refractivity contribution in [3.8, 4) is 11.8 Å². The Morgan fingerprint density at radius 2 is 1.14 bits per heavy atom. The van der Waals surface area contributed by atoms with E-state index in [9.17, 15) is 9.59 Å². The zero-order valence-corrected chi connectivity index (χ0v) is 26.3. The molecule has 10 nitrogen and oxygen atoms in total. The molecule has 2 aromatic heterocycles. The molecule has 0 bridgehead atoms. The lowest BCUT2D eigenvalue weighted by Gasteiger charge is -2.27. The number of ether oxygens (including phenoxy) is 2. The number of nitrogens with one attached hydrogen (secondary N) is 2. The molecule has 2 aromatic carbocycles. The molecule has 2 atom stereocenters. The highest BCUT2D eigenvalue weighted by Gasteiger charge is 2.36. The Morgan fingerprint density at radius 3 is 1.52 bits per heavy atom. The Balaban J connectivity index is 1.18. The molecule has 2 aliphatic rings. The van der Waals surface area contributed by atoms with Gasteiger partial charge in [0.05, 0.1) is 34.2 Å². The van der Waals surface area contributed by atoms with Crippen LogP contribution in [-0.2, 0) is 9.47 Å².